The van der Waals surface area contributed by atoms with E-state index in [2.05, 4.69) is 0 Å². The quantitative estimate of drug-likeness (QED) is 0.889. The van der Waals surface area contributed by atoms with Crippen LogP contribution in [0.25, 0.3) is 0 Å². The highest BCUT2D eigenvalue weighted by atomic mass is 35.5. The summed E-state index contributed by atoms with van der Waals surface area (Å²) in [7, 11) is 1.57. The van der Waals surface area contributed by atoms with E-state index in [9.17, 15) is 9.59 Å². The molecule has 2 rings (SSSR count). The second kappa shape index (κ2) is 8.00. The number of carbonyl (C=O) groups excluding carboxylic acids is 2. The molecule has 22 heavy (non-hydrogen) atoms. The van der Waals surface area contributed by atoms with Crippen molar-refractivity contribution in [3.05, 3.63) is 29.8 Å². The summed E-state index contributed by atoms with van der Waals surface area (Å²) in [6, 6.07) is 6.59. The molecule has 122 valence electrons. The maximum Gasteiger partial charge on any atom is 0.254 e. The van der Waals surface area contributed by atoms with E-state index < -0.39 is 6.04 Å². The molecule has 1 fully saturated rings. The van der Waals surface area contributed by atoms with Crippen molar-refractivity contribution in [1.29, 1.82) is 0 Å². The van der Waals surface area contributed by atoms with Gasteiger partial charge in [0.2, 0.25) is 5.91 Å². The Kier molecular flexibility index (Phi) is 6.64. The first kappa shape index (κ1) is 18.3. The third kappa shape index (κ3) is 4.11. The van der Waals surface area contributed by atoms with Crippen molar-refractivity contribution in [3.63, 3.8) is 0 Å². The number of halogens is 1. The van der Waals surface area contributed by atoms with Crippen LogP contribution in [0.15, 0.2) is 24.3 Å². The largest absolute Gasteiger partial charge is 0.497 e. The SMILES string of the molecule is COc1cccc(C(=O)N2CCN(C(=O)C(C)N)CC2)c1.Cl. The second-order valence-electron chi connectivity index (χ2n) is 5.14. The molecule has 6 nitrogen and oxygen atoms in total. The molecule has 1 unspecified atom stereocenters. The Balaban J connectivity index is 0.00000242. The molecule has 2 N–H and O–H groups in total. The summed E-state index contributed by atoms with van der Waals surface area (Å²) in [5, 5.41) is 0. The van der Waals surface area contributed by atoms with Gasteiger partial charge >= 0.3 is 0 Å². The zero-order valence-electron chi connectivity index (χ0n) is 12.8. The van der Waals surface area contributed by atoms with E-state index in [1.807, 2.05) is 0 Å². The van der Waals surface area contributed by atoms with E-state index in [1.54, 1.807) is 48.1 Å². The van der Waals surface area contributed by atoms with Gasteiger partial charge in [-0.2, -0.15) is 0 Å². The average Bonchev–Trinajstić information content (AvgIpc) is 2.53. The summed E-state index contributed by atoms with van der Waals surface area (Å²) in [6.07, 6.45) is 0. The molecule has 0 bridgehead atoms. The molecule has 1 saturated heterocycles. The highest BCUT2D eigenvalue weighted by Crippen LogP contribution is 2.15. The maximum absolute atomic E-state index is 12.4. The molecule has 1 atom stereocenters. The van der Waals surface area contributed by atoms with Gasteiger partial charge in [0, 0.05) is 31.7 Å². The van der Waals surface area contributed by atoms with E-state index >= 15 is 0 Å². The number of nitrogens with zero attached hydrogens (tertiary/aromatic N) is 2. The Labute approximate surface area is 136 Å². The van der Waals surface area contributed by atoms with Crippen LogP contribution in [-0.2, 0) is 4.79 Å². The molecular weight excluding hydrogens is 306 g/mol. The van der Waals surface area contributed by atoms with Crippen LogP contribution in [0.5, 0.6) is 5.75 Å². The van der Waals surface area contributed by atoms with Crippen molar-refractivity contribution in [2.24, 2.45) is 5.73 Å². The topological polar surface area (TPSA) is 75.9 Å². The highest BCUT2D eigenvalue weighted by molar-refractivity contribution is 5.94. The van der Waals surface area contributed by atoms with Gasteiger partial charge < -0.3 is 20.3 Å². The van der Waals surface area contributed by atoms with E-state index in [1.165, 1.54) is 0 Å². The van der Waals surface area contributed by atoms with Crippen LogP contribution in [0.3, 0.4) is 0 Å². The first-order chi connectivity index (χ1) is 10.0. The van der Waals surface area contributed by atoms with Crippen LogP contribution in [0.2, 0.25) is 0 Å². The lowest BCUT2D eigenvalue weighted by atomic mass is 10.1. The first-order valence-electron chi connectivity index (χ1n) is 7.00. The predicted molar refractivity (Wildman–Crippen MR) is 86.4 cm³/mol. The zero-order chi connectivity index (χ0) is 15.4. The van der Waals surface area contributed by atoms with Crippen molar-refractivity contribution in [2.75, 3.05) is 33.3 Å². The Morgan fingerprint density at radius 2 is 1.77 bits per heavy atom. The highest BCUT2D eigenvalue weighted by Gasteiger charge is 2.26. The summed E-state index contributed by atoms with van der Waals surface area (Å²) in [6.45, 7) is 3.77. The van der Waals surface area contributed by atoms with E-state index in [4.69, 9.17) is 10.5 Å². The molecule has 0 aliphatic carbocycles. The monoisotopic (exact) mass is 327 g/mol. The van der Waals surface area contributed by atoms with Gasteiger partial charge in [-0.1, -0.05) is 6.07 Å². The molecular formula is C15H22ClN3O3. The van der Waals surface area contributed by atoms with Crippen molar-refractivity contribution in [1.82, 2.24) is 9.80 Å². The fourth-order valence-electron chi connectivity index (χ4n) is 2.36. The molecule has 0 saturated carbocycles. The lowest BCUT2D eigenvalue weighted by Crippen LogP contribution is -2.53. The van der Waals surface area contributed by atoms with Gasteiger partial charge in [-0.15, -0.1) is 12.4 Å². The lowest BCUT2D eigenvalue weighted by Gasteiger charge is -2.35. The number of hydrogen-bond donors (Lipinski definition) is 1. The molecule has 0 radical (unpaired) electrons. The number of rotatable bonds is 3. The summed E-state index contributed by atoms with van der Waals surface area (Å²) in [5.74, 6) is 0.553. The smallest absolute Gasteiger partial charge is 0.254 e. The van der Waals surface area contributed by atoms with Gasteiger partial charge in [0.1, 0.15) is 5.75 Å². The van der Waals surface area contributed by atoms with Gasteiger partial charge in [0.05, 0.1) is 13.2 Å². The number of benzene rings is 1. The van der Waals surface area contributed by atoms with Crippen LogP contribution in [0.1, 0.15) is 17.3 Å². The van der Waals surface area contributed by atoms with Crippen LogP contribution in [-0.4, -0.2) is 60.9 Å². The minimum atomic E-state index is -0.495. The second-order valence-corrected chi connectivity index (χ2v) is 5.14. The molecule has 1 aliphatic rings. The van der Waals surface area contributed by atoms with Crippen LogP contribution in [0, 0.1) is 0 Å². The number of ether oxygens (including phenoxy) is 1. The number of amides is 2. The molecule has 7 heteroatoms. The van der Waals surface area contributed by atoms with Gasteiger partial charge in [-0.25, -0.2) is 0 Å². The fourth-order valence-corrected chi connectivity index (χ4v) is 2.36. The molecule has 2 amide bonds. The third-order valence-corrected chi connectivity index (χ3v) is 3.58. The van der Waals surface area contributed by atoms with Crippen LogP contribution < -0.4 is 10.5 Å². The Bertz CT molecular complexity index is 529. The molecule has 0 spiro atoms. The molecule has 1 aliphatic heterocycles. The number of methoxy groups -OCH3 is 1. The molecule has 1 aromatic carbocycles. The Hall–Kier alpha value is -1.79. The molecule has 1 aromatic rings. The lowest BCUT2D eigenvalue weighted by molar-refractivity contribution is -0.133. The minimum absolute atomic E-state index is 0. The van der Waals surface area contributed by atoms with E-state index in [0.29, 0.717) is 37.5 Å². The molecule has 1 heterocycles. The fraction of sp³-hybridized carbons (Fsp3) is 0.467. The number of nitrogens with two attached hydrogens (primary N) is 1. The van der Waals surface area contributed by atoms with E-state index in [0.717, 1.165) is 0 Å². The van der Waals surface area contributed by atoms with Crippen molar-refractivity contribution < 1.29 is 14.3 Å². The molecule has 0 aromatic heterocycles. The van der Waals surface area contributed by atoms with Crippen molar-refractivity contribution in [2.45, 2.75) is 13.0 Å². The van der Waals surface area contributed by atoms with Gasteiger partial charge in [-0.3, -0.25) is 9.59 Å². The average molecular weight is 328 g/mol. The van der Waals surface area contributed by atoms with Gasteiger partial charge in [0.15, 0.2) is 0 Å². The Morgan fingerprint density at radius 3 is 2.32 bits per heavy atom. The van der Waals surface area contributed by atoms with Crippen molar-refractivity contribution in [3.8, 4) is 5.75 Å². The normalized spacial score (nSPS) is 15.8. The van der Waals surface area contributed by atoms with E-state index in [-0.39, 0.29) is 24.2 Å². The van der Waals surface area contributed by atoms with Gasteiger partial charge in [0.25, 0.3) is 5.91 Å². The van der Waals surface area contributed by atoms with Crippen molar-refractivity contribution >= 4 is 24.2 Å². The number of carbonyl (C=O) groups is 2. The zero-order valence-corrected chi connectivity index (χ0v) is 13.6. The van der Waals surface area contributed by atoms with Crippen LogP contribution in [0.4, 0.5) is 0 Å². The van der Waals surface area contributed by atoms with Crippen LogP contribution >= 0.6 is 12.4 Å². The minimum Gasteiger partial charge on any atom is -0.497 e. The number of hydrogen-bond acceptors (Lipinski definition) is 4. The first-order valence-corrected chi connectivity index (χ1v) is 7.00. The van der Waals surface area contributed by atoms with Gasteiger partial charge in [-0.05, 0) is 25.1 Å². The summed E-state index contributed by atoms with van der Waals surface area (Å²) in [5.41, 5.74) is 6.20. The predicted octanol–water partition coefficient (Wildman–Crippen LogP) is 0.749. The standard InChI is InChI=1S/C15H21N3O3.ClH/c1-11(16)14(19)17-6-8-18(9-7-17)15(20)12-4-3-5-13(10-12)21-2;/h3-5,10-11H,6-9,16H2,1-2H3;1H. The Morgan fingerprint density at radius 1 is 1.18 bits per heavy atom. The summed E-state index contributed by atoms with van der Waals surface area (Å²) < 4.78 is 5.13. The third-order valence-electron chi connectivity index (χ3n) is 3.58. The maximum atomic E-state index is 12.4. The number of piperazine rings is 1. The summed E-state index contributed by atoms with van der Waals surface area (Å²) in [4.78, 5) is 27.7. The summed E-state index contributed by atoms with van der Waals surface area (Å²) >= 11 is 0.